The highest BCUT2D eigenvalue weighted by atomic mass is 19.1. The number of hydrogen-bond acceptors (Lipinski definition) is 4. The number of anilines is 2. The summed E-state index contributed by atoms with van der Waals surface area (Å²) in [5.74, 6) is -1.41. The van der Waals surface area contributed by atoms with Crippen molar-refractivity contribution in [1.82, 2.24) is 4.90 Å². The standard InChI is InChI=1S/C25H21F2N3O4/c1-34-21-12-8-19(9-13-21)28-23(31)14-22-24(32)30(20-10-6-18(27)7-11-20)25(33)29(22)15-16-2-4-17(26)5-3-16/h2-13,22H,14-15H2,1H3,(H,28,31). The first-order valence-electron chi connectivity index (χ1n) is 10.4. The Morgan fingerprint density at radius 2 is 1.50 bits per heavy atom. The Bertz CT molecular complexity index is 1200. The van der Waals surface area contributed by atoms with Crippen LogP contribution >= 0.6 is 0 Å². The van der Waals surface area contributed by atoms with E-state index in [-0.39, 0.29) is 18.7 Å². The molecule has 3 aromatic rings. The normalized spacial score (nSPS) is 15.6. The van der Waals surface area contributed by atoms with E-state index < -0.39 is 35.5 Å². The Morgan fingerprint density at radius 3 is 2.09 bits per heavy atom. The molecule has 4 rings (SSSR count). The molecule has 9 heteroatoms. The molecule has 1 heterocycles. The Hall–Kier alpha value is -4.27. The van der Waals surface area contributed by atoms with Crippen LogP contribution in [-0.2, 0) is 16.1 Å². The van der Waals surface area contributed by atoms with Crippen LogP contribution in [0.3, 0.4) is 0 Å². The zero-order valence-electron chi connectivity index (χ0n) is 18.2. The molecule has 1 atom stereocenters. The molecule has 1 fully saturated rings. The van der Waals surface area contributed by atoms with Crippen LogP contribution in [0.25, 0.3) is 0 Å². The van der Waals surface area contributed by atoms with Crippen molar-refractivity contribution in [3.63, 3.8) is 0 Å². The molecule has 7 nitrogen and oxygen atoms in total. The largest absolute Gasteiger partial charge is 0.497 e. The third-order valence-corrected chi connectivity index (χ3v) is 5.42. The second-order valence-electron chi connectivity index (χ2n) is 7.68. The Balaban J connectivity index is 1.58. The average Bonchev–Trinajstić information content (AvgIpc) is 3.05. The predicted molar refractivity (Wildman–Crippen MR) is 121 cm³/mol. The van der Waals surface area contributed by atoms with Gasteiger partial charge in [0.25, 0.3) is 5.91 Å². The van der Waals surface area contributed by atoms with E-state index in [0.717, 1.165) is 17.0 Å². The van der Waals surface area contributed by atoms with Gasteiger partial charge >= 0.3 is 6.03 Å². The van der Waals surface area contributed by atoms with Gasteiger partial charge in [0.05, 0.1) is 19.2 Å². The fourth-order valence-corrected chi connectivity index (χ4v) is 3.69. The summed E-state index contributed by atoms with van der Waals surface area (Å²) in [6.07, 6.45) is -0.296. The second-order valence-corrected chi connectivity index (χ2v) is 7.68. The topological polar surface area (TPSA) is 79.0 Å². The van der Waals surface area contributed by atoms with Crippen LogP contribution in [0.2, 0.25) is 0 Å². The van der Waals surface area contributed by atoms with Gasteiger partial charge in [-0.15, -0.1) is 0 Å². The van der Waals surface area contributed by atoms with Crippen LogP contribution < -0.4 is 15.0 Å². The number of halogens is 2. The molecule has 1 N–H and O–H groups in total. The maximum absolute atomic E-state index is 13.4. The minimum Gasteiger partial charge on any atom is -0.497 e. The fourth-order valence-electron chi connectivity index (χ4n) is 3.69. The smallest absolute Gasteiger partial charge is 0.332 e. The van der Waals surface area contributed by atoms with Crippen molar-refractivity contribution in [3.8, 4) is 5.75 Å². The quantitative estimate of drug-likeness (QED) is 0.527. The zero-order chi connectivity index (χ0) is 24.2. The molecule has 34 heavy (non-hydrogen) atoms. The van der Waals surface area contributed by atoms with Crippen molar-refractivity contribution in [2.24, 2.45) is 0 Å². The van der Waals surface area contributed by atoms with E-state index in [1.54, 1.807) is 24.3 Å². The number of ether oxygens (including phenoxy) is 1. The number of methoxy groups -OCH3 is 1. The summed E-state index contributed by atoms with van der Waals surface area (Å²) >= 11 is 0. The molecule has 1 saturated heterocycles. The van der Waals surface area contributed by atoms with Gasteiger partial charge in [-0.2, -0.15) is 0 Å². The Labute approximate surface area is 194 Å². The maximum atomic E-state index is 13.4. The first-order valence-corrected chi connectivity index (χ1v) is 10.4. The first kappa shape index (κ1) is 22.9. The third-order valence-electron chi connectivity index (χ3n) is 5.42. The predicted octanol–water partition coefficient (Wildman–Crippen LogP) is 4.34. The van der Waals surface area contributed by atoms with E-state index >= 15 is 0 Å². The number of rotatable bonds is 7. The summed E-state index contributed by atoms with van der Waals surface area (Å²) in [7, 11) is 1.53. The van der Waals surface area contributed by atoms with Gasteiger partial charge in [0.15, 0.2) is 0 Å². The molecular formula is C25H21F2N3O4. The number of imide groups is 1. The number of nitrogens with one attached hydrogen (secondary N) is 1. The van der Waals surface area contributed by atoms with E-state index in [1.165, 1.54) is 48.4 Å². The van der Waals surface area contributed by atoms with Crippen LogP contribution in [0.1, 0.15) is 12.0 Å². The molecule has 0 aliphatic carbocycles. The number of carbonyl (C=O) groups is 3. The number of nitrogens with zero attached hydrogens (tertiary/aromatic N) is 2. The molecule has 1 unspecified atom stereocenters. The van der Waals surface area contributed by atoms with Gasteiger partial charge in [0.2, 0.25) is 5.91 Å². The molecule has 0 bridgehead atoms. The average molecular weight is 465 g/mol. The molecular weight excluding hydrogens is 444 g/mol. The number of benzene rings is 3. The molecule has 174 valence electrons. The van der Waals surface area contributed by atoms with Gasteiger partial charge in [-0.25, -0.2) is 18.5 Å². The fraction of sp³-hybridized carbons (Fsp3) is 0.160. The molecule has 1 aliphatic rings. The lowest BCUT2D eigenvalue weighted by atomic mass is 10.1. The van der Waals surface area contributed by atoms with Crippen molar-refractivity contribution >= 4 is 29.2 Å². The van der Waals surface area contributed by atoms with Gasteiger partial charge in [-0.05, 0) is 66.2 Å². The van der Waals surface area contributed by atoms with Gasteiger partial charge < -0.3 is 15.0 Å². The van der Waals surface area contributed by atoms with Crippen LogP contribution in [0.5, 0.6) is 5.75 Å². The molecule has 1 aliphatic heterocycles. The molecule has 3 aromatic carbocycles. The SMILES string of the molecule is COc1ccc(NC(=O)CC2C(=O)N(c3ccc(F)cc3)C(=O)N2Cc2ccc(F)cc2)cc1. The lowest BCUT2D eigenvalue weighted by Gasteiger charge is -2.21. The molecule has 0 aromatic heterocycles. The monoisotopic (exact) mass is 465 g/mol. The van der Waals surface area contributed by atoms with Gasteiger partial charge in [0, 0.05) is 12.2 Å². The Kier molecular flexibility index (Phi) is 6.53. The minimum atomic E-state index is -1.10. The summed E-state index contributed by atoms with van der Waals surface area (Å²) in [6.45, 7) is -0.0109. The minimum absolute atomic E-state index is 0.0109. The number of carbonyl (C=O) groups excluding carboxylic acids is 3. The van der Waals surface area contributed by atoms with E-state index in [0.29, 0.717) is 17.0 Å². The van der Waals surface area contributed by atoms with Crippen LogP contribution in [0.4, 0.5) is 25.0 Å². The van der Waals surface area contributed by atoms with Gasteiger partial charge in [-0.3, -0.25) is 9.59 Å². The van der Waals surface area contributed by atoms with E-state index in [2.05, 4.69) is 5.32 Å². The maximum Gasteiger partial charge on any atom is 0.332 e. The molecule has 0 saturated carbocycles. The second kappa shape index (κ2) is 9.70. The van der Waals surface area contributed by atoms with Crippen molar-refractivity contribution in [2.45, 2.75) is 19.0 Å². The van der Waals surface area contributed by atoms with Crippen LogP contribution in [0.15, 0.2) is 72.8 Å². The highest BCUT2D eigenvalue weighted by Gasteiger charge is 2.46. The summed E-state index contributed by atoms with van der Waals surface area (Å²) in [4.78, 5) is 41.4. The number of amides is 4. The van der Waals surface area contributed by atoms with Crippen LogP contribution in [-0.4, -0.2) is 35.9 Å². The van der Waals surface area contributed by atoms with Crippen molar-refractivity contribution in [3.05, 3.63) is 90.0 Å². The van der Waals surface area contributed by atoms with Crippen molar-refractivity contribution < 1.29 is 27.9 Å². The highest BCUT2D eigenvalue weighted by molar-refractivity contribution is 6.22. The summed E-state index contributed by atoms with van der Waals surface area (Å²) < 4.78 is 31.8. The summed E-state index contributed by atoms with van der Waals surface area (Å²) in [6, 6.07) is 15.3. The molecule has 0 spiro atoms. The van der Waals surface area contributed by atoms with Gasteiger partial charge in [-0.1, -0.05) is 12.1 Å². The number of hydrogen-bond donors (Lipinski definition) is 1. The number of urea groups is 1. The lowest BCUT2D eigenvalue weighted by molar-refractivity contribution is -0.124. The molecule has 0 radical (unpaired) electrons. The van der Waals surface area contributed by atoms with Crippen molar-refractivity contribution in [1.29, 1.82) is 0 Å². The third kappa shape index (κ3) is 4.88. The van der Waals surface area contributed by atoms with E-state index in [1.807, 2.05) is 0 Å². The van der Waals surface area contributed by atoms with E-state index in [9.17, 15) is 23.2 Å². The first-order chi connectivity index (χ1) is 16.4. The molecule has 4 amide bonds. The highest BCUT2D eigenvalue weighted by Crippen LogP contribution is 2.29. The lowest BCUT2D eigenvalue weighted by Crippen LogP contribution is -2.37. The van der Waals surface area contributed by atoms with Gasteiger partial charge in [0.1, 0.15) is 23.4 Å². The zero-order valence-corrected chi connectivity index (χ0v) is 18.2. The van der Waals surface area contributed by atoms with Crippen molar-refractivity contribution in [2.75, 3.05) is 17.3 Å². The van der Waals surface area contributed by atoms with Crippen LogP contribution in [0, 0.1) is 11.6 Å². The Morgan fingerprint density at radius 1 is 0.912 bits per heavy atom. The summed E-state index contributed by atoms with van der Waals surface area (Å²) in [5.41, 5.74) is 1.28. The van der Waals surface area contributed by atoms with E-state index in [4.69, 9.17) is 4.74 Å². The summed E-state index contributed by atoms with van der Waals surface area (Å²) in [5, 5.41) is 2.71.